The van der Waals surface area contributed by atoms with Crippen molar-refractivity contribution in [1.82, 2.24) is 0 Å². The first kappa shape index (κ1) is 19.5. The summed E-state index contributed by atoms with van der Waals surface area (Å²) in [6.07, 6.45) is 0.102. The maximum absolute atomic E-state index is 13.5. The highest BCUT2D eigenvalue weighted by Crippen LogP contribution is 2.32. The minimum Gasteiger partial charge on any atom is -0.490 e. The van der Waals surface area contributed by atoms with Crippen LogP contribution in [-0.4, -0.2) is 27.7 Å². The van der Waals surface area contributed by atoms with Gasteiger partial charge in [0.1, 0.15) is 18.5 Å². The fourth-order valence-electron chi connectivity index (χ4n) is 3.12. The number of nitrogens with zero attached hydrogens (tertiary/aromatic N) is 1. The van der Waals surface area contributed by atoms with Crippen molar-refractivity contribution in [2.45, 2.75) is 18.8 Å². The van der Waals surface area contributed by atoms with Gasteiger partial charge >= 0.3 is 0 Å². The number of anilines is 2. The molecule has 0 radical (unpaired) electrons. The molecule has 0 amide bonds. The number of hydrogen-bond donors (Lipinski definition) is 0. The summed E-state index contributed by atoms with van der Waals surface area (Å²) < 4.78 is 39.5. The van der Waals surface area contributed by atoms with Gasteiger partial charge in [-0.1, -0.05) is 48.5 Å². The van der Waals surface area contributed by atoms with Gasteiger partial charge in [0.05, 0.1) is 23.7 Å². The number of benzene rings is 3. The molecule has 4 rings (SSSR count). The summed E-state index contributed by atoms with van der Waals surface area (Å²) in [4.78, 5) is 0. The SMILES string of the molecule is Cc1ccc(CS(=O)(=O)N(c2ccccc2)c2ccccc2)c(OCC2CO2)c1. The third kappa shape index (κ3) is 4.78. The molecule has 6 heteroatoms. The molecular weight excluding hydrogens is 386 g/mol. The van der Waals surface area contributed by atoms with Gasteiger partial charge in [-0.05, 0) is 42.8 Å². The van der Waals surface area contributed by atoms with Crippen molar-refractivity contribution in [1.29, 1.82) is 0 Å². The van der Waals surface area contributed by atoms with Gasteiger partial charge in [-0.25, -0.2) is 12.7 Å². The van der Waals surface area contributed by atoms with E-state index in [0.717, 1.165) is 5.56 Å². The van der Waals surface area contributed by atoms with Gasteiger partial charge in [0.15, 0.2) is 0 Å². The van der Waals surface area contributed by atoms with Crippen molar-refractivity contribution in [2.75, 3.05) is 17.5 Å². The Kier molecular flexibility index (Phi) is 5.56. The first-order valence-electron chi connectivity index (χ1n) is 9.50. The first-order valence-corrected chi connectivity index (χ1v) is 11.1. The van der Waals surface area contributed by atoms with Gasteiger partial charge in [-0.2, -0.15) is 0 Å². The normalized spacial score (nSPS) is 15.7. The summed E-state index contributed by atoms with van der Waals surface area (Å²) in [5.74, 6) is 0.419. The molecule has 0 aliphatic carbocycles. The van der Waals surface area contributed by atoms with Crippen LogP contribution in [0.2, 0.25) is 0 Å². The molecule has 1 aliphatic heterocycles. The molecule has 3 aromatic rings. The van der Waals surface area contributed by atoms with Crippen LogP contribution in [-0.2, 0) is 20.5 Å². The van der Waals surface area contributed by atoms with Crippen molar-refractivity contribution < 1.29 is 17.9 Å². The summed E-state index contributed by atoms with van der Waals surface area (Å²) in [5.41, 5.74) is 2.84. The molecule has 0 aromatic heterocycles. The summed E-state index contributed by atoms with van der Waals surface area (Å²) in [5, 5.41) is 0. The van der Waals surface area contributed by atoms with Crippen molar-refractivity contribution >= 4 is 21.4 Å². The van der Waals surface area contributed by atoms with Crippen LogP contribution < -0.4 is 9.04 Å². The Bertz CT molecular complexity index is 1030. The monoisotopic (exact) mass is 409 g/mol. The van der Waals surface area contributed by atoms with Crippen LogP contribution in [0.4, 0.5) is 11.4 Å². The zero-order valence-electron chi connectivity index (χ0n) is 16.2. The molecule has 0 N–H and O–H groups in total. The molecule has 1 heterocycles. The maximum atomic E-state index is 13.5. The van der Waals surface area contributed by atoms with Crippen LogP contribution in [0.5, 0.6) is 5.75 Å². The van der Waals surface area contributed by atoms with Crippen molar-refractivity contribution in [3.05, 3.63) is 90.0 Å². The molecular formula is C23H23NO4S. The topological polar surface area (TPSA) is 59.1 Å². The van der Waals surface area contributed by atoms with Gasteiger partial charge in [0.25, 0.3) is 0 Å². The molecule has 0 bridgehead atoms. The predicted octanol–water partition coefficient (Wildman–Crippen LogP) is 4.44. The van der Waals surface area contributed by atoms with E-state index in [0.29, 0.717) is 35.9 Å². The highest BCUT2D eigenvalue weighted by atomic mass is 32.2. The lowest BCUT2D eigenvalue weighted by atomic mass is 10.1. The molecule has 150 valence electrons. The van der Waals surface area contributed by atoms with Crippen LogP contribution in [0.3, 0.4) is 0 Å². The number of hydrogen-bond acceptors (Lipinski definition) is 4. The molecule has 1 fully saturated rings. The Morgan fingerprint density at radius 1 is 0.966 bits per heavy atom. The minimum absolute atomic E-state index is 0.102. The Morgan fingerprint density at radius 3 is 2.10 bits per heavy atom. The van der Waals surface area contributed by atoms with Crippen molar-refractivity contribution in [3.63, 3.8) is 0 Å². The Hall–Kier alpha value is -2.83. The van der Waals surface area contributed by atoms with Crippen LogP contribution in [0.25, 0.3) is 0 Å². The van der Waals surface area contributed by atoms with Crippen LogP contribution in [0.15, 0.2) is 78.9 Å². The van der Waals surface area contributed by atoms with Gasteiger partial charge in [0, 0.05) is 5.56 Å². The lowest BCUT2D eigenvalue weighted by Crippen LogP contribution is -2.27. The second kappa shape index (κ2) is 8.27. The van der Waals surface area contributed by atoms with E-state index in [1.54, 1.807) is 24.3 Å². The molecule has 1 atom stereocenters. The average molecular weight is 410 g/mol. The standard InChI is InChI=1S/C23H23NO4S/c1-18-12-13-19(23(14-18)28-16-22-15-27-22)17-29(25,26)24(20-8-4-2-5-9-20)21-10-6-3-7-11-21/h2-14,22H,15-17H2,1H3. The summed E-state index contributed by atoms with van der Waals surface area (Å²) >= 11 is 0. The summed E-state index contributed by atoms with van der Waals surface area (Å²) in [7, 11) is -3.72. The first-order chi connectivity index (χ1) is 14.0. The second-order valence-electron chi connectivity index (χ2n) is 7.07. The molecule has 1 unspecified atom stereocenters. The predicted molar refractivity (Wildman–Crippen MR) is 114 cm³/mol. The third-order valence-corrected chi connectivity index (χ3v) is 6.30. The zero-order valence-corrected chi connectivity index (χ0v) is 17.0. The smallest absolute Gasteiger partial charge is 0.243 e. The molecule has 3 aromatic carbocycles. The van der Waals surface area contributed by atoms with E-state index in [1.165, 1.54) is 4.31 Å². The molecule has 1 aliphatic rings. The quantitative estimate of drug-likeness (QED) is 0.516. The van der Waals surface area contributed by atoms with Crippen LogP contribution >= 0.6 is 0 Å². The molecule has 1 saturated heterocycles. The Labute approximate surface area is 171 Å². The number of aryl methyl sites for hydroxylation is 1. The van der Waals surface area contributed by atoms with Gasteiger partial charge in [-0.3, -0.25) is 0 Å². The van der Waals surface area contributed by atoms with E-state index in [1.807, 2.05) is 61.5 Å². The van der Waals surface area contributed by atoms with E-state index in [9.17, 15) is 8.42 Å². The maximum Gasteiger partial charge on any atom is 0.243 e. The lowest BCUT2D eigenvalue weighted by molar-refractivity contribution is 0.261. The fraction of sp³-hybridized carbons (Fsp3) is 0.217. The third-order valence-electron chi connectivity index (χ3n) is 4.65. The summed E-state index contributed by atoms with van der Waals surface area (Å²) in [6.45, 7) is 3.08. The average Bonchev–Trinajstić information content (AvgIpc) is 3.54. The van der Waals surface area contributed by atoms with E-state index >= 15 is 0 Å². The van der Waals surface area contributed by atoms with Crippen LogP contribution in [0.1, 0.15) is 11.1 Å². The minimum atomic E-state index is -3.72. The molecule has 29 heavy (non-hydrogen) atoms. The number of para-hydroxylation sites is 2. The van der Waals surface area contributed by atoms with Gasteiger partial charge in [0.2, 0.25) is 10.0 Å². The van der Waals surface area contributed by atoms with Crippen molar-refractivity contribution in [3.8, 4) is 5.75 Å². The van der Waals surface area contributed by atoms with Gasteiger partial charge in [-0.15, -0.1) is 0 Å². The largest absolute Gasteiger partial charge is 0.490 e. The van der Waals surface area contributed by atoms with Crippen LogP contribution in [0, 0.1) is 6.92 Å². The number of ether oxygens (including phenoxy) is 2. The Balaban J connectivity index is 1.69. The Morgan fingerprint density at radius 2 is 1.55 bits per heavy atom. The summed E-state index contributed by atoms with van der Waals surface area (Å²) in [6, 6.07) is 23.8. The number of rotatable bonds is 8. The number of epoxide rings is 1. The van der Waals surface area contributed by atoms with E-state index in [2.05, 4.69) is 0 Å². The van der Waals surface area contributed by atoms with E-state index < -0.39 is 10.0 Å². The van der Waals surface area contributed by atoms with E-state index in [4.69, 9.17) is 9.47 Å². The second-order valence-corrected chi connectivity index (χ2v) is 8.89. The lowest BCUT2D eigenvalue weighted by Gasteiger charge is -2.25. The zero-order chi connectivity index (χ0) is 20.3. The highest BCUT2D eigenvalue weighted by molar-refractivity contribution is 7.92. The van der Waals surface area contributed by atoms with Crippen molar-refractivity contribution in [2.24, 2.45) is 0 Å². The number of sulfonamides is 1. The van der Waals surface area contributed by atoms with E-state index in [-0.39, 0.29) is 11.9 Å². The molecule has 0 saturated carbocycles. The molecule has 0 spiro atoms. The molecule has 5 nitrogen and oxygen atoms in total. The van der Waals surface area contributed by atoms with Gasteiger partial charge < -0.3 is 9.47 Å². The fourth-order valence-corrected chi connectivity index (χ4v) is 4.77. The highest BCUT2D eigenvalue weighted by Gasteiger charge is 2.27.